The third-order valence-electron chi connectivity index (χ3n) is 6.83. The first-order valence-corrected chi connectivity index (χ1v) is 8.74. The van der Waals surface area contributed by atoms with Gasteiger partial charge in [-0.3, -0.25) is 4.79 Å². The molecule has 0 bridgehead atoms. The van der Waals surface area contributed by atoms with E-state index in [4.69, 9.17) is 4.74 Å². The molecule has 1 amide bonds. The van der Waals surface area contributed by atoms with Crippen LogP contribution in [0.5, 0.6) is 0 Å². The zero-order chi connectivity index (χ0) is 14.8. The van der Waals surface area contributed by atoms with E-state index in [2.05, 4.69) is 17.4 Å². The highest BCUT2D eigenvalue weighted by Crippen LogP contribution is 2.63. The van der Waals surface area contributed by atoms with E-state index in [1.54, 1.807) is 0 Å². The highest BCUT2D eigenvalue weighted by Gasteiger charge is 2.67. The highest BCUT2D eigenvalue weighted by atomic mass is 16.5. The average molecular weight is 297 g/mol. The molecule has 1 spiro atoms. The van der Waals surface area contributed by atoms with E-state index in [-0.39, 0.29) is 16.7 Å². The fraction of sp³-hybridized carbons (Fsp3) is 0.632. The molecule has 3 aliphatic carbocycles. The number of amides is 1. The minimum Gasteiger partial charge on any atom is -0.377 e. The smallest absolute Gasteiger partial charge is 0.230 e. The van der Waals surface area contributed by atoms with Gasteiger partial charge < -0.3 is 10.1 Å². The minimum atomic E-state index is -0.239. The van der Waals surface area contributed by atoms with Gasteiger partial charge in [0, 0.05) is 24.0 Å². The van der Waals surface area contributed by atoms with Gasteiger partial charge in [-0.1, -0.05) is 36.8 Å². The summed E-state index contributed by atoms with van der Waals surface area (Å²) in [6, 6.07) is 10.7. The highest BCUT2D eigenvalue weighted by molar-refractivity contribution is 5.91. The molecule has 3 unspecified atom stereocenters. The maximum absolute atomic E-state index is 13.0. The summed E-state index contributed by atoms with van der Waals surface area (Å²) in [6.45, 7) is 0.882. The summed E-state index contributed by atoms with van der Waals surface area (Å²) in [4.78, 5) is 13.0. The van der Waals surface area contributed by atoms with Gasteiger partial charge in [-0.05, 0) is 37.7 Å². The first kappa shape index (κ1) is 13.1. The maximum Gasteiger partial charge on any atom is 0.230 e. The number of hydrogen-bond acceptors (Lipinski definition) is 2. The van der Waals surface area contributed by atoms with E-state index in [0.29, 0.717) is 18.1 Å². The summed E-state index contributed by atoms with van der Waals surface area (Å²) >= 11 is 0. The third kappa shape index (κ3) is 1.53. The van der Waals surface area contributed by atoms with Crippen molar-refractivity contribution in [3.05, 3.63) is 35.9 Å². The minimum absolute atomic E-state index is 0.239. The lowest BCUT2D eigenvalue weighted by atomic mass is 9.46. The molecule has 5 rings (SSSR count). The van der Waals surface area contributed by atoms with E-state index in [1.165, 1.54) is 24.8 Å². The summed E-state index contributed by atoms with van der Waals surface area (Å²) in [5.41, 5.74) is 1.23. The number of nitrogens with one attached hydrogen (secondary N) is 1. The van der Waals surface area contributed by atoms with Crippen LogP contribution in [-0.4, -0.2) is 24.7 Å². The van der Waals surface area contributed by atoms with Gasteiger partial charge in [-0.2, -0.15) is 0 Å². The van der Waals surface area contributed by atoms with Gasteiger partial charge in [-0.25, -0.2) is 0 Å². The van der Waals surface area contributed by atoms with Gasteiger partial charge in [0.25, 0.3) is 0 Å². The molecule has 1 aromatic rings. The van der Waals surface area contributed by atoms with Crippen LogP contribution in [0.1, 0.15) is 44.1 Å². The summed E-state index contributed by atoms with van der Waals surface area (Å²) in [5.74, 6) is 0.830. The van der Waals surface area contributed by atoms with Crippen LogP contribution in [0.3, 0.4) is 0 Å². The average Bonchev–Trinajstić information content (AvgIpc) is 3.20. The first-order chi connectivity index (χ1) is 10.8. The normalized spacial score (nSPS) is 36.1. The molecular weight excluding hydrogens is 274 g/mol. The number of rotatable bonds is 3. The number of hydrogen-bond donors (Lipinski definition) is 1. The van der Waals surface area contributed by atoms with Crippen LogP contribution in [0.2, 0.25) is 0 Å². The predicted octanol–water partition coefficient (Wildman–Crippen LogP) is 2.79. The molecule has 3 saturated carbocycles. The van der Waals surface area contributed by atoms with Crippen molar-refractivity contribution in [2.45, 2.75) is 56.1 Å². The van der Waals surface area contributed by atoms with E-state index < -0.39 is 0 Å². The van der Waals surface area contributed by atoms with E-state index in [1.807, 2.05) is 18.2 Å². The second-order valence-corrected chi connectivity index (χ2v) is 7.73. The van der Waals surface area contributed by atoms with E-state index in [9.17, 15) is 4.79 Å². The first-order valence-electron chi connectivity index (χ1n) is 8.74. The van der Waals surface area contributed by atoms with Gasteiger partial charge in [0.15, 0.2) is 0 Å². The lowest BCUT2D eigenvalue weighted by Gasteiger charge is -2.63. The summed E-state index contributed by atoms with van der Waals surface area (Å²) in [7, 11) is 0. The summed E-state index contributed by atoms with van der Waals surface area (Å²) in [6.07, 6.45) is 7.30. The van der Waals surface area contributed by atoms with Crippen LogP contribution >= 0.6 is 0 Å². The Morgan fingerprint density at radius 2 is 1.91 bits per heavy atom. The number of ether oxygens (including phenoxy) is 1. The van der Waals surface area contributed by atoms with E-state index in [0.717, 1.165) is 25.9 Å². The lowest BCUT2D eigenvalue weighted by Crippen LogP contribution is -2.72. The summed E-state index contributed by atoms with van der Waals surface area (Å²) in [5, 5.41) is 3.46. The zero-order valence-electron chi connectivity index (χ0n) is 12.9. The molecule has 3 atom stereocenters. The molecule has 3 nitrogen and oxygen atoms in total. The topological polar surface area (TPSA) is 38.3 Å². The summed E-state index contributed by atoms with van der Waals surface area (Å²) < 4.78 is 5.96. The Hall–Kier alpha value is -1.35. The molecule has 0 radical (unpaired) electrons. The monoisotopic (exact) mass is 297 g/mol. The van der Waals surface area contributed by atoms with Crippen LogP contribution in [0.15, 0.2) is 30.3 Å². The van der Waals surface area contributed by atoms with Crippen LogP contribution < -0.4 is 5.32 Å². The molecule has 0 aromatic heterocycles. The van der Waals surface area contributed by atoms with Crippen molar-refractivity contribution in [1.82, 2.24) is 5.32 Å². The van der Waals surface area contributed by atoms with Gasteiger partial charge >= 0.3 is 0 Å². The standard InChI is InChI=1S/C19H23NO2/c21-17(18(10-11-18)13-5-2-1-3-6-13)20-15-14-7-12-22-16(14)19(15)8-4-9-19/h1-3,5-6,14-16H,4,7-12H2,(H,20,21). The third-order valence-corrected chi connectivity index (χ3v) is 6.83. The largest absolute Gasteiger partial charge is 0.377 e. The van der Waals surface area contributed by atoms with Crippen molar-refractivity contribution in [3.63, 3.8) is 0 Å². The van der Waals surface area contributed by atoms with Gasteiger partial charge in [0.05, 0.1) is 11.5 Å². The molecule has 4 fully saturated rings. The van der Waals surface area contributed by atoms with Crippen LogP contribution in [0.25, 0.3) is 0 Å². The van der Waals surface area contributed by atoms with Crippen molar-refractivity contribution in [3.8, 4) is 0 Å². The Labute approximate surface area is 131 Å². The number of carbonyl (C=O) groups excluding carboxylic acids is 1. The van der Waals surface area contributed by atoms with Crippen LogP contribution in [0.4, 0.5) is 0 Å². The molecule has 1 saturated heterocycles. The second kappa shape index (κ2) is 4.35. The zero-order valence-corrected chi connectivity index (χ0v) is 12.9. The van der Waals surface area contributed by atoms with Crippen molar-refractivity contribution in [2.24, 2.45) is 11.3 Å². The van der Waals surface area contributed by atoms with Gasteiger partial charge in [-0.15, -0.1) is 0 Å². The number of carbonyl (C=O) groups is 1. The van der Waals surface area contributed by atoms with Crippen molar-refractivity contribution in [2.75, 3.05) is 6.61 Å². The Bertz CT molecular complexity index is 603. The molecule has 1 aromatic carbocycles. The SMILES string of the molecule is O=C(NC1C2CCOC2C12CCC2)C1(c2ccccc2)CC1. The number of benzene rings is 1. The number of fused-ring (bicyclic) bond motifs is 2. The molecule has 3 heteroatoms. The van der Waals surface area contributed by atoms with E-state index >= 15 is 0 Å². The molecule has 22 heavy (non-hydrogen) atoms. The second-order valence-electron chi connectivity index (χ2n) is 7.73. The molecular formula is C19H23NO2. The Morgan fingerprint density at radius 1 is 1.14 bits per heavy atom. The van der Waals surface area contributed by atoms with Crippen molar-refractivity contribution < 1.29 is 9.53 Å². The predicted molar refractivity (Wildman–Crippen MR) is 83.4 cm³/mol. The Morgan fingerprint density at radius 3 is 2.55 bits per heavy atom. The molecule has 1 heterocycles. The van der Waals surface area contributed by atoms with Crippen LogP contribution in [-0.2, 0) is 14.9 Å². The van der Waals surface area contributed by atoms with Gasteiger partial charge in [0.1, 0.15) is 0 Å². The quantitative estimate of drug-likeness (QED) is 0.931. The fourth-order valence-corrected chi connectivity index (χ4v) is 5.26. The van der Waals surface area contributed by atoms with Crippen molar-refractivity contribution in [1.29, 1.82) is 0 Å². The fourth-order valence-electron chi connectivity index (χ4n) is 5.26. The van der Waals surface area contributed by atoms with Gasteiger partial charge in [0.2, 0.25) is 5.91 Å². The lowest BCUT2D eigenvalue weighted by molar-refractivity contribution is -0.179. The molecule has 4 aliphatic rings. The maximum atomic E-state index is 13.0. The Kier molecular flexibility index (Phi) is 2.59. The Balaban J connectivity index is 1.37. The molecule has 116 valence electrons. The van der Waals surface area contributed by atoms with Crippen molar-refractivity contribution >= 4 is 5.91 Å². The van der Waals surface area contributed by atoms with Crippen LogP contribution in [0, 0.1) is 11.3 Å². The molecule has 1 aliphatic heterocycles. The molecule has 1 N–H and O–H groups in total.